The normalized spacial score (nSPS) is 10.9. The standard InChI is InChI=1S/C10H14N4O/c1-10(2,3)14-6-7(9(15)12-4)8(5-11)13-14/h6H,1-4H3,(H,12,15). The third kappa shape index (κ3) is 2.15. The van der Waals surface area contributed by atoms with Gasteiger partial charge in [0.05, 0.1) is 11.1 Å². The maximum Gasteiger partial charge on any atom is 0.255 e. The number of amides is 1. The summed E-state index contributed by atoms with van der Waals surface area (Å²) in [5, 5.41) is 15.4. The summed E-state index contributed by atoms with van der Waals surface area (Å²) in [4.78, 5) is 11.4. The highest BCUT2D eigenvalue weighted by molar-refractivity contribution is 5.95. The van der Waals surface area contributed by atoms with Crippen molar-refractivity contribution < 1.29 is 4.79 Å². The first-order valence-corrected chi connectivity index (χ1v) is 4.62. The minimum absolute atomic E-state index is 0.157. The molecule has 1 amide bonds. The van der Waals surface area contributed by atoms with Crippen molar-refractivity contribution in [2.45, 2.75) is 26.3 Å². The van der Waals surface area contributed by atoms with Gasteiger partial charge in [0.1, 0.15) is 6.07 Å². The highest BCUT2D eigenvalue weighted by atomic mass is 16.1. The van der Waals surface area contributed by atoms with Crippen molar-refractivity contribution in [2.75, 3.05) is 7.05 Å². The molecule has 1 rings (SSSR count). The predicted molar refractivity (Wildman–Crippen MR) is 55.3 cm³/mol. The van der Waals surface area contributed by atoms with Crippen LogP contribution in [0.15, 0.2) is 6.20 Å². The molecule has 1 N–H and O–H groups in total. The number of nitrogens with zero attached hydrogens (tertiary/aromatic N) is 3. The van der Waals surface area contributed by atoms with E-state index in [2.05, 4.69) is 10.4 Å². The molecule has 1 aromatic rings. The molecule has 1 aromatic heterocycles. The molecule has 0 radical (unpaired) electrons. The molecule has 0 unspecified atom stereocenters. The summed E-state index contributed by atoms with van der Waals surface area (Å²) in [6.07, 6.45) is 1.59. The number of carbonyl (C=O) groups excluding carboxylic acids is 1. The Morgan fingerprint density at radius 2 is 2.20 bits per heavy atom. The first-order chi connectivity index (χ1) is 6.90. The number of rotatable bonds is 1. The molecule has 0 atom stereocenters. The second-order valence-electron chi connectivity index (χ2n) is 4.20. The summed E-state index contributed by atoms with van der Waals surface area (Å²) in [5.74, 6) is -0.290. The third-order valence-electron chi connectivity index (χ3n) is 1.98. The Morgan fingerprint density at radius 1 is 1.60 bits per heavy atom. The Labute approximate surface area is 88.7 Å². The van der Waals surface area contributed by atoms with Gasteiger partial charge in [-0.3, -0.25) is 9.48 Å². The SMILES string of the molecule is CNC(=O)c1cn(C(C)(C)C)nc1C#N. The van der Waals surface area contributed by atoms with E-state index in [1.807, 2.05) is 26.8 Å². The maximum atomic E-state index is 11.4. The molecule has 5 heteroatoms. The molecule has 0 saturated heterocycles. The van der Waals surface area contributed by atoms with E-state index in [1.165, 1.54) is 7.05 Å². The summed E-state index contributed by atoms with van der Waals surface area (Å²) >= 11 is 0. The molecule has 0 fully saturated rings. The average Bonchev–Trinajstić information content (AvgIpc) is 2.59. The van der Waals surface area contributed by atoms with Crippen molar-refractivity contribution in [3.8, 4) is 6.07 Å². The van der Waals surface area contributed by atoms with Crippen molar-refractivity contribution in [2.24, 2.45) is 0 Å². The topological polar surface area (TPSA) is 70.7 Å². The Kier molecular flexibility index (Phi) is 2.80. The lowest BCUT2D eigenvalue weighted by Crippen LogP contribution is -2.22. The van der Waals surface area contributed by atoms with Crippen LogP contribution in [0.4, 0.5) is 0 Å². The predicted octanol–water partition coefficient (Wildman–Crippen LogP) is 0.869. The Morgan fingerprint density at radius 3 is 2.60 bits per heavy atom. The monoisotopic (exact) mass is 206 g/mol. The van der Waals surface area contributed by atoms with Crippen molar-refractivity contribution in [1.82, 2.24) is 15.1 Å². The summed E-state index contributed by atoms with van der Waals surface area (Å²) in [6, 6.07) is 1.91. The van der Waals surface area contributed by atoms with Gasteiger partial charge in [0.25, 0.3) is 5.91 Å². The second-order valence-corrected chi connectivity index (χ2v) is 4.20. The van der Waals surface area contributed by atoms with Crippen LogP contribution in [0, 0.1) is 11.3 Å². The van der Waals surface area contributed by atoms with Gasteiger partial charge in [-0.25, -0.2) is 0 Å². The van der Waals surface area contributed by atoms with Crippen LogP contribution in [0.25, 0.3) is 0 Å². The number of hydrogen-bond acceptors (Lipinski definition) is 3. The van der Waals surface area contributed by atoms with Gasteiger partial charge < -0.3 is 5.32 Å². The molecule has 15 heavy (non-hydrogen) atoms. The van der Waals surface area contributed by atoms with Crippen LogP contribution in [-0.4, -0.2) is 22.7 Å². The summed E-state index contributed by atoms with van der Waals surface area (Å²) in [7, 11) is 1.53. The van der Waals surface area contributed by atoms with Crippen LogP contribution in [0.3, 0.4) is 0 Å². The summed E-state index contributed by atoms with van der Waals surface area (Å²) < 4.78 is 1.62. The Bertz CT molecular complexity index is 420. The molecular formula is C10H14N4O. The van der Waals surface area contributed by atoms with Crippen LogP contribution >= 0.6 is 0 Å². The van der Waals surface area contributed by atoms with Crippen LogP contribution in [0.1, 0.15) is 36.8 Å². The van der Waals surface area contributed by atoms with Gasteiger partial charge in [0.2, 0.25) is 0 Å². The fourth-order valence-electron chi connectivity index (χ4n) is 1.10. The van der Waals surface area contributed by atoms with Gasteiger partial charge in [-0.15, -0.1) is 0 Å². The highest BCUT2D eigenvalue weighted by Crippen LogP contribution is 2.15. The second kappa shape index (κ2) is 3.73. The van der Waals surface area contributed by atoms with Gasteiger partial charge in [-0.2, -0.15) is 10.4 Å². The van der Waals surface area contributed by atoms with Crippen LogP contribution in [0.2, 0.25) is 0 Å². The van der Waals surface area contributed by atoms with E-state index in [0.717, 1.165) is 0 Å². The van der Waals surface area contributed by atoms with E-state index in [4.69, 9.17) is 5.26 Å². The van der Waals surface area contributed by atoms with Crippen molar-refractivity contribution in [3.05, 3.63) is 17.5 Å². The van der Waals surface area contributed by atoms with Gasteiger partial charge in [0.15, 0.2) is 5.69 Å². The molecule has 0 aromatic carbocycles. The van der Waals surface area contributed by atoms with Crippen LogP contribution in [-0.2, 0) is 5.54 Å². The smallest absolute Gasteiger partial charge is 0.255 e. The summed E-state index contributed by atoms with van der Waals surface area (Å²) in [5.41, 5.74) is 0.233. The Hall–Kier alpha value is -1.83. The molecule has 5 nitrogen and oxygen atoms in total. The van der Waals surface area contributed by atoms with Gasteiger partial charge in [-0.1, -0.05) is 0 Å². The number of hydrogen-bond donors (Lipinski definition) is 1. The van der Waals surface area contributed by atoms with Crippen molar-refractivity contribution in [1.29, 1.82) is 5.26 Å². The van der Waals surface area contributed by atoms with Crippen LogP contribution in [0.5, 0.6) is 0 Å². The average molecular weight is 206 g/mol. The Balaban J connectivity index is 3.25. The molecule has 1 heterocycles. The van der Waals surface area contributed by atoms with Crippen molar-refractivity contribution in [3.63, 3.8) is 0 Å². The number of aromatic nitrogens is 2. The lowest BCUT2D eigenvalue weighted by atomic mass is 10.1. The van der Waals surface area contributed by atoms with Gasteiger partial charge in [0, 0.05) is 13.2 Å². The minimum Gasteiger partial charge on any atom is -0.355 e. The number of carbonyl (C=O) groups is 1. The minimum atomic E-state index is -0.290. The number of nitrogens with one attached hydrogen (secondary N) is 1. The molecule has 80 valence electrons. The fourth-order valence-corrected chi connectivity index (χ4v) is 1.10. The van der Waals surface area contributed by atoms with E-state index >= 15 is 0 Å². The molecule has 0 aliphatic heterocycles. The van der Waals surface area contributed by atoms with E-state index in [0.29, 0.717) is 5.56 Å². The largest absolute Gasteiger partial charge is 0.355 e. The molecule has 0 spiro atoms. The zero-order chi connectivity index (χ0) is 11.6. The van der Waals surface area contributed by atoms with E-state index in [9.17, 15) is 4.79 Å². The molecular weight excluding hydrogens is 192 g/mol. The molecule has 0 saturated carbocycles. The lowest BCUT2D eigenvalue weighted by Gasteiger charge is -2.18. The van der Waals surface area contributed by atoms with Gasteiger partial charge >= 0.3 is 0 Å². The third-order valence-corrected chi connectivity index (χ3v) is 1.98. The van der Waals surface area contributed by atoms with Crippen LogP contribution < -0.4 is 5.32 Å². The zero-order valence-electron chi connectivity index (χ0n) is 9.33. The maximum absolute atomic E-state index is 11.4. The lowest BCUT2D eigenvalue weighted by molar-refractivity contribution is 0.0962. The molecule has 0 bridgehead atoms. The fraction of sp³-hybridized carbons (Fsp3) is 0.500. The molecule has 0 aliphatic carbocycles. The van der Waals surface area contributed by atoms with E-state index in [1.54, 1.807) is 10.9 Å². The number of nitriles is 1. The van der Waals surface area contributed by atoms with E-state index in [-0.39, 0.29) is 17.1 Å². The molecule has 0 aliphatic rings. The quantitative estimate of drug-likeness (QED) is 0.741. The highest BCUT2D eigenvalue weighted by Gasteiger charge is 2.20. The first-order valence-electron chi connectivity index (χ1n) is 4.62. The zero-order valence-corrected chi connectivity index (χ0v) is 9.33. The van der Waals surface area contributed by atoms with Crippen molar-refractivity contribution >= 4 is 5.91 Å². The summed E-state index contributed by atoms with van der Waals surface area (Å²) in [6.45, 7) is 5.86. The van der Waals surface area contributed by atoms with Gasteiger partial charge in [-0.05, 0) is 20.8 Å². The van der Waals surface area contributed by atoms with E-state index < -0.39 is 0 Å². The first kappa shape index (κ1) is 11.2.